The largest absolute Gasteiger partial charge is 0.192 e. The van der Waals surface area contributed by atoms with Gasteiger partial charge in [-0.15, -0.1) is 0 Å². The Labute approximate surface area is 62.9 Å². The van der Waals surface area contributed by atoms with Crippen LogP contribution in [0.2, 0.25) is 0 Å². The van der Waals surface area contributed by atoms with Crippen LogP contribution in [0.1, 0.15) is 13.8 Å². The third kappa shape index (κ3) is 0.439. The molecule has 1 aliphatic carbocycles. The summed E-state index contributed by atoms with van der Waals surface area (Å²) in [6.45, 7) is 5.37. The lowest BCUT2D eigenvalue weighted by molar-refractivity contribution is 0.524. The molecule has 0 N–H and O–H groups in total. The van der Waals surface area contributed by atoms with E-state index in [0.29, 0.717) is 11.3 Å². The molecule has 0 saturated heterocycles. The molecule has 2 rings (SSSR count). The van der Waals surface area contributed by atoms with Crippen molar-refractivity contribution in [3.8, 4) is 0 Å². The third-order valence-electron chi connectivity index (χ3n) is 2.63. The highest BCUT2D eigenvalue weighted by molar-refractivity contribution is 9.10. The van der Waals surface area contributed by atoms with Crippen molar-refractivity contribution < 1.29 is 0 Å². The highest BCUT2D eigenvalue weighted by Crippen LogP contribution is 2.70. The van der Waals surface area contributed by atoms with E-state index in [1.807, 2.05) is 0 Å². The van der Waals surface area contributed by atoms with E-state index in [-0.39, 0.29) is 4.45 Å². The molecule has 1 heterocycles. The minimum atomic E-state index is 0.0278. The van der Waals surface area contributed by atoms with Gasteiger partial charge in [0.2, 0.25) is 0 Å². The Morgan fingerprint density at radius 2 is 2.22 bits per heavy atom. The lowest BCUT2D eigenvalue weighted by Crippen LogP contribution is -2.01. The van der Waals surface area contributed by atoms with Gasteiger partial charge in [-0.25, -0.2) is 0 Å². The Bertz CT molecular complexity index is 187. The average Bonchev–Trinajstić information content (AvgIpc) is 2.21. The van der Waals surface area contributed by atoms with E-state index in [4.69, 9.17) is 0 Å². The van der Waals surface area contributed by atoms with E-state index in [1.165, 1.54) is 0 Å². The van der Waals surface area contributed by atoms with Gasteiger partial charge in [0.05, 0.1) is 6.54 Å². The number of azo groups is 1. The number of fused-ring (bicyclic) bond motifs is 1. The first-order chi connectivity index (χ1) is 4.09. The van der Waals surface area contributed by atoms with Gasteiger partial charge in [0, 0.05) is 11.3 Å². The Hall–Kier alpha value is 0.0800. The quantitative estimate of drug-likeness (QED) is 0.412. The fourth-order valence-electron chi connectivity index (χ4n) is 1.56. The second-order valence-corrected chi connectivity index (χ2v) is 4.58. The van der Waals surface area contributed by atoms with Crippen LogP contribution in [-0.2, 0) is 0 Å². The maximum atomic E-state index is 4.14. The van der Waals surface area contributed by atoms with Crippen LogP contribution in [-0.4, -0.2) is 11.0 Å². The van der Waals surface area contributed by atoms with Crippen molar-refractivity contribution in [1.29, 1.82) is 0 Å². The van der Waals surface area contributed by atoms with Gasteiger partial charge in [-0.3, -0.25) is 0 Å². The third-order valence-corrected chi connectivity index (χ3v) is 4.37. The summed E-state index contributed by atoms with van der Waals surface area (Å²) in [4.78, 5) is 0. The maximum Gasteiger partial charge on any atom is 0.146 e. The summed E-state index contributed by atoms with van der Waals surface area (Å²) in [6, 6.07) is 0. The average molecular weight is 189 g/mol. The van der Waals surface area contributed by atoms with Gasteiger partial charge in [0.1, 0.15) is 4.45 Å². The summed E-state index contributed by atoms with van der Waals surface area (Å²) < 4.78 is 0.0278. The van der Waals surface area contributed by atoms with Gasteiger partial charge >= 0.3 is 0 Å². The van der Waals surface area contributed by atoms with E-state index in [9.17, 15) is 0 Å². The highest BCUT2D eigenvalue weighted by Gasteiger charge is 2.73. The topological polar surface area (TPSA) is 24.7 Å². The molecule has 1 saturated carbocycles. The predicted molar refractivity (Wildman–Crippen MR) is 38.7 cm³/mol. The van der Waals surface area contributed by atoms with Crippen LogP contribution in [0.3, 0.4) is 0 Å². The first-order valence-electron chi connectivity index (χ1n) is 3.16. The zero-order chi connectivity index (χ0) is 6.70. The van der Waals surface area contributed by atoms with Crippen molar-refractivity contribution >= 4 is 15.9 Å². The highest BCUT2D eigenvalue weighted by atomic mass is 79.9. The van der Waals surface area contributed by atoms with Crippen molar-refractivity contribution in [2.24, 2.45) is 21.6 Å². The molecular formula is C6H9BrN2. The first-order valence-corrected chi connectivity index (χ1v) is 3.96. The van der Waals surface area contributed by atoms with E-state index in [0.717, 1.165) is 6.54 Å². The van der Waals surface area contributed by atoms with Crippen molar-refractivity contribution in [1.82, 2.24) is 0 Å². The Balaban J connectivity index is 2.36. The Kier molecular flexibility index (Phi) is 0.803. The van der Waals surface area contributed by atoms with Crippen LogP contribution in [0.4, 0.5) is 0 Å². The molecule has 0 aromatic carbocycles. The maximum absolute atomic E-state index is 4.14. The number of alkyl halides is 1. The van der Waals surface area contributed by atoms with E-state index in [1.54, 1.807) is 0 Å². The summed E-state index contributed by atoms with van der Waals surface area (Å²) in [6.07, 6.45) is 0. The molecule has 0 aromatic heterocycles. The van der Waals surface area contributed by atoms with Gasteiger partial charge in [0.25, 0.3) is 0 Å². The molecule has 2 atom stereocenters. The van der Waals surface area contributed by atoms with Crippen molar-refractivity contribution in [3.05, 3.63) is 0 Å². The molecular weight excluding hydrogens is 180 g/mol. The first kappa shape index (κ1) is 5.83. The van der Waals surface area contributed by atoms with Gasteiger partial charge in [-0.2, -0.15) is 10.2 Å². The number of hydrogen-bond acceptors (Lipinski definition) is 2. The number of rotatable bonds is 0. The lowest BCUT2D eigenvalue weighted by atomic mass is 10.1. The standard InChI is InChI=1S/C6H9BrN2/c1-5(2)4-3-8-9-6(4,5)7/h4H,3H2,1-2H3. The van der Waals surface area contributed by atoms with Crippen LogP contribution < -0.4 is 0 Å². The second-order valence-electron chi connectivity index (χ2n) is 3.37. The molecule has 0 aromatic rings. The van der Waals surface area contributed by atoms with Crippen LogP contribution in [0.5, 0.6) is 0 Å². The van der Waals surface area contributed by atoms with Crippen LogP contribution in [0.15, 0.2) is 10.2 Å². The molecule has 3 heteroatoms. The zero-order valence-corrected chi connectivity index (χ0v) is 7.14. The number of nitrogens with zero attached hydrogens (tertiary/aromatic N) is 2. The van der Waals surface area contributed by atoms with Crippen molar-refractivity contribution in [2.45, 2.75) is 18.3 Å². The number of halogens is 1. The van der Waals surface area contributed by atoms with Gasteiger partial charge in [-0.05, 0) is 0 Å². The van der Waals surface area contributed by atoms with Crippen LogP contribution >= 0.6 is 15.9 Å². The molecule has 0 radical (unpaired) electrons. The minimum absolute atomic E-state index is 0.0278. The smallest absolute Gasteiger partial charge is 0.146 e. The normalized spacial score (nSPS) is 51.2. The number of hydrogen-bond donors (Lipinski definition) is 0. The Morgan fingerprint density at radius 3 is 2.44 bits per heavy atom. The summed E-state index contributed by atoms with van der Waals surface area (Å²) in [7, 11) is 0. The predicted octanol–water partition coefficient (Wildman–Crippen LogP) is 2.20. The molecule has 0 bridgehead atoms. The lowest BCUT2D eigenvalue weighted by Gasteiger charge is -2.03. The van der Waals surface area contributed by atoms with Gasteiger partial charge in [-0.1, -0.05) is 29.8 Å². The fourth-order valence-corrected chi connectivity index (χ4v) is 2.55. The van der Waals surface area contributed by atoms with Crippen molar-refractivity contribution in [3.63, 3.8) is 0 Å². The Morgan fingerprint density at radius 1 is 1.56 bits per heavy atom. The minimum Gasteiger partial charge on any atom is -0.192 e. The SMILES string of the molecule is CC1(C)C2CN=NC21Br. The van der Waals surface area contributed by atoms with E-state index in [2.05, 4.69) is 40.0 Å². The molecule has 2 aliphatic rings. The molecule has 2 unspecified atom stereocenters. The van der Waals surface area contributed by atoms with Crippen molar-refractivity contribution in [2.75, 3.05) is 6.54 Å². The monoisotopic (exact) mass is 188 g/mol. The van der Waals surface area contributed by atoms with Gasteiger partial charge in [0.15, 0.2) is 0 Å². The molecule has 0 spiro atoms. The van der Waals surface area contributed by atoms with E-state index >= 15 is 0 Å². The summed E-state index contributed by atoms with van der Waals surface area (Å²) in [5, 5.41) is 8.10. The molecule has 1 fully saturated rings. The molecule has 1 aliphatic heterocycles. The molecule has 0 amide bonds. The summed E-state index contributed by atoms with van der Waals surface area (Å²) >= 11 is 3.58. The van der Waals surface area contributed by atoms with Gasteiger partial charge < -0.3 is 0 Å². The summed E-state index contributed by atoms with van der Waals surface area (Å²) in [5.74, 6) is 0.657. The van der Waals surface area contributed by atoms with E-state index < -0.39 is 0 Å². The zero-order valence-electron chi connectivity index (χ0n) is 5.56. The molecule has 50 valence electrons. The molecule has 9 heavy (non-hydrogen) atoms. The van der Waals surface area contributed by atoms with Crippen LogP contribution in [0.25, 0.3) is 0 Å². The molecule has 2 nitrogen and oxygen atoms in total. The summed E-state index contributed by atoms with van der Waals surface area (Å²) in [5.41, 5.74) is 0.356. The fraction of sp³-hybridized carbons (Fsp3) is 1.00. The second kappa shape index (κ2) is 1.24. The van der Waals surface area contributed by atoms with Crippen LogP contribution in [0, 0.1) is 11.3 Å².